The number of carboxylic acids is 1. The highest BCUT2D eigenvalue weighted by atomic mass is 16.5. The first-order chi connectivity index (χ1) is 13.0. The number of amides is 1. The summed E-state index contributed by atoms with van der Waals surface area (Å²) in [5.41, 5.74) is 0.736. The molecule has 2 aromatic rings. The molecule has 0 unspecified atom stereocenters. The molecule has 1 aliphatic heterocycles. The van der Waals surface area contributed by atoms with E-state index in [-0.39, 0.29) is 36.7 Å². The first kappa shape index (κ1) is 18.3. The maximum atomic E-state index is 12.6. The smallest absolute Gasteiger partial charge is 0.354 e. The SMILES string of the molecule is COC(=O)C1=C(Nc2cccc3ccc(C(=O)O)nc23)C(=O)N(CCO)C1. The lowest BCUT2D eigenvalue weighted by Crippen LogP contribution is -2.31. The molecular formula is C18H17N3O6. The fraction of sp³-hybridized carbons (Fsp3) is 0.222. The van der Waals surface area contributed by atoms with Crippen molar-refractivity contribution in [1.82, 2.24) is 9.88 Å². The molecule has 9 heteroatoms. The highest BCUT2D eigenvalue weighted by Gasteiger charge is 2.34. The minimum absolute atomic E-state index is 0.00692. The van der Waals surface area contributed by atoms with Crippen LogP contribution in [0, 0.1) is 0 Å². The lowest BCUT2D eigenvalue weighted by atomic mass is 10.1. The highest BCUT2D eigenvalue weighted by Crippen LogP contribution is 2.27. The molecule has 9 nitrogen and oxygen atoms in total. The molecule has 0 bridgehead atoms. The molecule has 0 saturated carbocycles. The number of ether oxygens (including phenoxy) is 1. The van der Waals surface area contributed by atoms with Crippen molar-refractivity contribution in [3.05, 3.63) is 47.3 Å². The number of benzene rings is 1. The number of aromatic carboxylic acids is 1. The number of aliphatic hydroxyl groups excluding tert-OH is 1. The molecule has 1 aromatic carbocycles. The summed E-state index contributed by atoms with van der Waals surface area (Å²) < 4.78 is 4.74. The lowest BCUT2D eigenvalue weighted by molar-refractivity contribution is -0.136. The Labute approximate surface area is 153 Å². The summed E-state index contributed by atoms with van der Waals surface area (Å²) in [4.78, 5) is 41.3. The van der Waals surface area contributed by atoms with Gasteiger partial charge in [-0.3, -0.25) is 4.79 Å². The van der Waals surface area contributed by atoms with Gasteiger partial charge in [0.15, 0.2) is 0 Å². The van der Waals surface area contributed by atoms with E-state index in [1.54, 1.807) is 24.3 Å². The van der Waals surface area contributed by atoms with Crippen molar-refractivity contribution < 1.29 is 29.3 Å². The van der Waals surface area contributed by atoms with E-state index in [0.29, 0.717) is 16.6 Å². The average molecular weight is 371 g/mol. The van der Waals surface area contributed by atoms with Crippen molar-refractivity contribution in [3.8, 4) is 0 Å². The van der Waals surface area contributed by atoms with E-state index < -0.39 is 17.8 Å². The Morgan fingerprint density at radius 3 is 2.74 bits per heavy atom. The van der Waals surface area contributed by atoms with Gasteiger partial charge in [0.2, 0.25) is 0 Å². The number of carbonyl (C=O) groups is 3. The second-order valence-electron chi connectivity index (χ2n) is 5.80. The van der Waals surface area contributed by atoms with Crippen LogP contribution in [0.4, 0.5) is 5.69 Å². The third-order valence-electron chi connectivity index (χ3n) is 4.15. The fourth-order valence-electron chi connectivity index (χ4n) is 2.85. The molecule has 0 saturated heterocycles. The van der Waals surface area contributed by atoms with Gasteiger partial charge in [-0.25, -0.2) is 14.6 Å². The molecule has 0 fully saturated rings. The van der Waals surface area contributed by atoms with Crippen LogP contribution < -0.4 is 5.32 Å². The van der Waals surface area contributed by atoms with E-state index in [2.05, 4.69) is 10.3 Å². The molecule has 0 aliphatic carbocycles. The summed E-state index contributed by atoms with van der Waals surface area (Å²) in [5.74, 6) is -2.30. The number of anilines is 1. The second-order valence-corrected chi connectivity index (χ2v) is 5.80. The zero-order valence-corrected chi connectivity index (χ0v) is 14.4. The summed E-state index contributed by atoms with van der Waals surface area (Å²) in [6.07, 6.45) is 0. The number of hydrogen-bond donors (Lipinski definition) is 3. The number of nitrogens with one attached hydrogen (secondary N) is 1. The van der Waals surface area contributed by atoms with Crippen LogP contribution in [-0.4, -0.2) is 64.7 Å². The zero-order valence-electron chi connectivity index (χ0n) is 14.4. The molecule has 140 valence electrons. The van der Waals surface area contributed by atoms with Crippen molar-refractivity contribution in [2.75, 3.05) is 32.1 Å². The number of methoxy groups -OCH3 is 1. The van der Waals surface area contributed by atoms with E-state index in [4.69, 9.17) is 14.9 Å². The van der Waals surface area contributed by atoms with Crippen LogP contribution in [0.25, 0.3) is 10.9 Å². The van der Waals surface area contributed by atoms with Gasteiger partial charge in [0.1, 0.15) is 11.4 Å². The molecule has 1 amide bonds. The third kappa shape index (κ3) is 3.44. The van der Waals surface area contributed by atoms with Gasteiger partial charge in [-0.05, 0) is 12.1 Å². The van der Waals surface area contributed by atoms with Crippen LogP contribution in [0.2, 0.25) is 0 Å². The van der Waals surface area contributed by atoms with Gasteiger partial charge in [-0.2, -0.15) is 0 Å². The molecule has 0 atom stereocenters. The number of carbonyl (C=O) groups excluding carboxylic acids is 2. The number of para-hydroxylation sites is 1. The minimum Gasteiger partial charge on any atom is -0.477 e. The van der Waals surface area contributed by atoms with Crippen LogP contribution in [0.1, 0.15) is 10.5 Å². The van der Waals surface area contributed by atoms with Crippen LogP contribution in [0.5, 0.6) is 0 Å². The number of β-amino-alcohol motifs (C(OH)–C–C–N with tert-alkyl or cyclic N) is 1. The minimum atomic E-state index is -1.17. The summed E-state index contributed by atoms with van der Waals surface area (Å²) >= 11 is 0. The van der Waals surface area contributed by atoms with Crippen molar-refractivity contribution in [2.45, 2.75) is 0 Å². The summed E-state index contributed by atoms with van der Waals surface area (Å²) in [6.45, 7) is -0.167. The highest BCUT2D eigenvalue weighted by molar-refractivity contribution is 6.09. The van der Waals surface area contributed by atoms with Crippen molar-refractivity contribution in [2.24, 2.45) is 0 Å². The lowest BCUT2D eigenvalue weighted by Gasteiger charge is -2.15. The number of fused-ring (bicyclic) bond motifs is 1. The van der Waals surface area contributed by atoms with Crippen LogP contribution in [0.15, 0.2) is 41.6 Å². The van der Waals surface area contributed by atoms with Gasteiger partial charge in [-0.15, -0.1) is 0 Å². The number of nitrogens with zero attached hydrogens (tertiary/aromatic N) is 2. The number of rotatable bonds is 6. The molecule has 2 heterocycles. The Hall–Kier alpha value is -3.46. The van der Waals surface area contributed by atoms with Gasteiger partial charge in [-0.1, -0.05) is 18.2 Å². The average Bonchev–Trinajstić information content (AvgIpc) is 2.97. The van der Waals surface area contributed by atoms with Gasteiger partial charge in [0.25, 0.3) is 5.91 Å². The predicted octanol–water partition coefficient (Wildman–Crippen LogP) is 0.606. The van der Waals surface area contributed by atoms with Gasteiger partial charge >= 0.3 is 11.9 Å². The Balaban J connectivity index is 2.06. The van der Waals surface area contributed by atoms with E-state index in [1.807, 2.05) is 0 Å². The second kappa shape index (κ2) is 7.42. The van der Waals surface area contributed by atoms with Gasteiger partial charge < -0.3 is 25.2 Å². The fourth-order valence-corrected chi connectivity index (χ4v) is 2.85. The number of carboxylic acid groups (broad SMARTS) is 1. The Bertz CT molecular complexity index is 969. The van der Waals surface area contributed by atoms with Gasteiger partial charge in [0.05, 0.1) is 37.0 Å². The predicted molar refractivity (Wildman–Crippen MR) is 95.0 cm³/mol. The molecule has 3 N–H and O–H groups in total. The van der Waals surface area contributed by atoms with Crippen molar-refractivity contribution in [1.29, 1.82) is 0 Å². The number of esters is 1. The number of aromatic nitrogens is 1. The first-order valence-corrected chi connectivity index (χ1v) is 8.08. The standard InChI is InChI=1S/C18H17N3O6/c1-27-18(26)11-9-21(7-8-22)16(23)15(11)19-12-4-2-3-10-5-6-13(17(24)25)20-14(10)12/h2-6,19,22H,7-9H2,1H3,(H,24,25). The van der Waals surface area contributed by atoms with E-state index in [0.717, 1.165) is 0 Å². The number of hydrogen-bond acceptors (Lipinski definition) is 7. The van der Waals surface area contributed by atoms with E-state index >= 15 is 0 Å². The molecule has 1 aromatic heterocycles. The van der Waals surface area contributed by atoms with E-state index in [9.17, 15) is 14.4 Å². The topological polar surface area (TPSA) is 129 Å². The number of aliphatic hydroxyl groups is 1. The quantitative estimate of drug-likeness (QED) is 0.630. The monoisotopic (exact) mass is 371 g/mol. The summed E-state index contributed by atoms with van der Waals surface area (Å²) in [7, 11) is 1.21. The molecule has 27 heavy (non-hydrogen) atoms. The number of pyridine rings is 1. The third-order valence-corrected chi connectivity index (χ3v) is 4.15. The van der Waals surface area contributed by atoms with Crippen molar-refractivity contribution >= 4 is 34.4 Å². The zero-order chi connectivity index (χ0) is 19.6. The maximum absolute atomic E-state index is 12.6. The first-order valence-electron chi connectivity index (χ1n) is 8.08. The Morgan fingerprint density at radius 1 is 1.30 bits per heavy atom. The molecular weight excluding hydrogens is 354 g/mol. The Morgan fingerprint density at radius 2 is 2.07 bits per heavy atom. The molecule has 0 spiro atoms. The Kier molecular flexibility index (Phi) is 5.04. The van der Waals surface area contributed by atoms with E-state index in [1.165, 1.54) is 18.1 Å². The van der Waals surface area contributed by atoms with Crippen LogP contribution in [-0.2, 0) is 14.3 Å². The molecule has 1 aliphatic rings. The normalized spacial score (nSPS) is 14.0. The summed E-state index contributed by atoms with van der Waals surface area (Å²) in [5, 5.41) is 21.8. The molecule has 0 radical (unpaired) electrons. The summed E-state index contributed by atoms with van der Waals surface area (Å²) in [6, 6.07) is 8.10. The maximum Gasteiger partial charge on any atom is 0.354 e. The van der Waals surface area contributed by atoms with Crippen LogP contribution >= 0.6 is 0 Å². The van der Waals surface area contributed by atoms with Crippen LogP contribution in [0.3, 0.4) is 0 Å². The molecule has 3 rings (SSSR count). The van der Waals surface area contributed by atoms with Crippen molar-refractivity contribution in [3.63, 3.8) is 0 Å². The largest absolute Gasteiger partial charge is 0.477 e. The van der Waals surface area contributed by atoms with Gasteiger partial charge in [0, 0.05) is 11.9 Å².